The van der Waals surface area contributed by atoms with Crippen LogP contribution in [0.15, 0.2) is 57.9 Å². The zero-order chi connectivity index (χ0) is 19.3. The molecule has 0 amide bonds. The van der Waals surface area contributed by atoms with E-state index in [0.717, 1.165) is 15.7 Å². The first-order chi connectivity index (χ1) is 13.0. The molecular formula is C18H20BrN3O3S2. The fourth-order valence-corrected chi connectivity index (χ4v) is 4.66. The lowest BCUT2D eigenvalue weighted by Crippen LogP contribution is -2.40. The number of nitrogens with zero attached hydrogens (tertiary/aromatic N) is 1. The van der Waals surface area contributed by atoms with Crippen LogP contribution < -0.4 is 10.6 Å². The molecule has 0 radical (unpaired) electrons. The van der Waals surface area contributed by atoms with Gasteiger partial charge in [-0.3, -0.25) is 0 Å². The molecule has 0 saturated carbocycles. The predicted octanol–water partition coefficient (Wildman–Crippen LogP) is 2.96. The maximum atomic E-state index is 12.6. The average Bonchev–Trinajstić information content (AvgIpc) is 2.68. The van der Waals surface area contributed by atoms with E-state index in [1.165, 1.54) is 4.31 Å². The van der Waals surface area contributed by atoms with Crippen LogP contribution in [-0.2, 0) is 21.3 Å². The summed E-state index contributed by atoms with van der Waals surface area (Å²) in [6.45, 7) is 2.19. The molecule has 0 aromatic heterocycles. The van der Waals surface area contributed by atoms with Crippen molar-refractivity contribution in [1.82, 2.24) is 9.62 Å². The van der Waals surface area contributed by atoms with E-state index in [0.29, 0.717) is 38.0 Å². The van der Waals surface area contributed by atoms with Gasteiger partial charge in [-0.15, -0.1) is 0 Å². The second-order valence-electron chi connectivity index (χ2n) is 5.94. The van der Waals surface area contributed by atoms with Gasteiger partial charge in [-0.25, -0.2) is 8.42 Å². The maximum absolute atomic E-state index is 12.6. The van der Waals surface area contributed by atoms with Crippen LogP contribution in [-0.4, -0.2) is 44.1 Å². The van der Waals surface area contributed by atoms with Gasteiger partial charge in [-0.05, 0) is 48.1 Å². The number of nitrogens with one attached hydrogen (secondary N) is 2. The second kappa shape index (κ2) is 9.11. The molecule has 0 unspecified atom stereocenters. The first-order valence-corrected chi connectivity index (χ1v) is 11.1. The van der Waals surface area contributed by atoms with Crippen LogP contribution in [0, 0.1) is 0 Å². The van der Waals surface area contributed by atoms with E-state index in [9.17, 15) is 8.42 Å². The summed E-state index contributed by atoms with van der Waals surface area (Å²) in [5.74, 6) is 0. The number of anilines is 1. The van der Waals surface area contributed by atoms with Gasteiger partial charge in [-0.2, -0.15) is 4.31 Å². The molecule has 3 rings (SSSR count). The highest BCUT2D eigenvalue weighted by Crippen LogP contribution is 2.19. The molecule has 2 aromatic rings. The van der Waals surface area contributed by atoms with Crippen molar-refractivity contribution >= 4 is 49.0 Å². The van der Waals surface area contributed by atoms with Crippen LogP contribution in [0.4, 0.5) is 5.69 Å². The Kier molecular flexibility index (Phi) is 6.83. The minimum Gasteiger partial charge on any atom is -0.379 e. The van der Waals surface area contributed by atoms with Gasteiger partial charge in [0.1, 0.15) is 0 Å². The Labute approximate surface area is 173 Å². The van der Waals surface area contributed by atoms with Crippen LogP contribution in [0.2, 0.25) is 0 Å². The summed E-state index contributed by atoms with van der Waals surface area (Å²) in [5, 5.41) is 6.67. The molecule has 0 atom stereocenters. The van der Waals surface area contributed by atoms with E-state index < -0.39 is 10.0 Å². The summed E-state index contributed by atoms with van der Waals surface area (Å²) in [6.07, 6.45) is 0. The molecule has 1 aliphatic rings. The summed E-state index contributed by atoms with van der Waals surface area (Å²) < 4.78 is 32.9. The molecule has 6 nitrogen and oxygen atoms in total. The van der Waals surface area contributed by atoms with Gasteiger partial charge < -0.3 is 15.4 Å². The van der Waals surface area contributed by atoms with Crippen molar-refractivity contribution in [3.8, 4) is 0 Å². The van der Waals surface area contributed by atoms with E-state index in [1.807, 2.05) is 24.3 Å². The Morgan fingerprint density at radius 2 is 1.78 bits per heavy atom. The number of thiocarbonyl (C=S) groups is 1. The van der Waals surface area contributed by atoms with Gasteiger partial charge in [-0.1, -0.05) is 34.1 Å². The quantitative estimate of drug-likeness (QED) is 0.655. The van der Waals surface area contributed by atoms with Gasteiger partial charge in [0.15, 0.2) is 5.11 Å². The third-order valence-corrected chi connectivity index (χ3v) is 7.05. The third-order valence-electron chi connectivity index (χ3n) is 4.12. The van der Waals surface area contributed by atoms with Crippen LogP contribution in [0.1, 0.15) is 5.56 Å². The maximum Gasteiger partial charge on any atom is 0.243 e. The lowest BCUT2D eigenvalue weighted by Gasteiger charge is -2.26. The van der Waals surface area contributed by atoms with Crippen LogP contribution in [0.25, 0.3) is 0 Å². The molecule has 1 heterocycles. The Morgan fingerprint density at radius 1 is 1.11 bits per heavy atom. The van der Waals surface area contributed by atoms with E-state index in [4.69, 9.17) is 17.0 Å². The molecule has 9 heteroatoms. The molecule has 144 valence electrons. The molecule has 2 aromatic carbocycles. The average molecular weight is 470 g/mol. The Morgan fingerprint density at radius 3 is 2.44 bits per heavy atom. The van der Waals surface area contributed by atoms with Gasteiger partial charge >= 0.3 is 0 Å². The molecule has 1 saturated heterocycles. The van der Waals surface area contributed by atoms with Gasteiger partial charge in [0.25, 0.3) is 0 Å². The number of hydrogen-bond donors (Lipinski definition) is 2. The molecular weight excluding hydrogens is 450 g/mol. The number of benzene rings is 2. The van der Waals surface area contributed by atoms with Gasteiger partial charge in [0, 0.05) is 29.8 Å². The fourth-order valence-electron chi connectivity index (χ4n) is 2.64. The Hall–Kier alpha value is -1.52. The standard InChI is InChI=1S/C18H20BrN3O3S2/c19-17-4-2-1-3-14(17)13-20-18(26)21-15-5-7-16(8-6-15)27(23,24)22-9-11-25-12-10-22/h1-8H,9-13H2,(H2,20,21,26). The van der Waals surface area contributed by atoms with Crippen molar-refractivity contribution in [3.63, 3.8) is 0 Å². The Bertz CT molecular complexity index is 898. The van der Waals surface area contributed by atoms with Crippen molar-refractivity contribution in [1.29, 1.82) is 0 Å². The molecule has 1 fully saturated rings. The highest BCUT2D eigenvalue weighted by atomic mass is 79.9. The van der Waals surface area contributed by atoms with Crippen LogP contribution in [0.5, 0.6) is 0 Å². The van der Waals surface area contributed by atoms with E-state index >= 15 is 0 Å². The zero-order valence-electron chi connectivity index (χ0n) is 14.5. The summed E-state index contributed by atoms with van der Waals surface area (Å²) >= 11 is 8.81. The van der Waals surface area contributed by atoms with Crippen molar-refractivity contribution in [2.75, 3.05) is 31.6 Å². The molecule has 0 aliphatic carbocycles. The van der Waals surface area contributed by atoms with E-state index in [2.05, 4.69) is 26.6 Å². The van der Waals surface area contributed by atoms with Gasteiger partial charge in [0.05, 0.1) is 18.1 Å². The molecule has 0 spiro atoms. The number of morpholine rings is 1. The number of sulfonamides is 1. The monoisotopic (exact) mass is 469 g/mol. The van der Waals surface area contributed by atoms with Crippen molar-refractivity contribution in [2.24, 2.45) is 0 Å². The van der Waals surface area contributed by atoms with Gasteiger partial charge in [0.2, 0.25) is 10.0 Å². The highest BCUT2D eigenvalue weighted by molar-refractivity contribution is 9.10. The number of halogens is 1. The Balaban J connectivity index is 1.58. The topological polar surface area (TPSA) is 70.7 Å². The predicted molar refractivity (Wildman–Crippen MR) is 113 cm³/mol. The van der Waals surface area contributed by atoms with Crippen molar-refractivity contribution in [2.45, 2.75) is 11.4 Å². The fraction of sp³-hybridized carbons (Fsp3) is 0.278. The largest absolute Gasteiger partial charge is 0.379 e. The number of rotatable bonds is 5. The first kappa shape index (κ1) is 20.2. The van der Waals surface area contributed by atoms with Crippen LogP contribution >= 0.6 is 28.1 Å². The summed E-state index contributed by atoms with van der Waals surface area (Å²) in [7, 11) is -3.49. The molecule has 1 aliphatic heterocycles. The minimum absolute atomic E-state index is 0.266. The van der Waals surface area contributed by atoms with E-state index in [1.54, 1.807) is 24.3 Å². The normalized spacial score (nSPS) is 15.3. The summed E-state index contributed by atoms with van der Waals surface area (Å²) in [6, 6.07) is 14.5. The van der Waals surface area contributed by atoms with Crippen molar-refractivity contribution in [3.05, 3.63) is 58.6 Å². The zero-order valence-corrected chi connectivity index (χ0v) is 17.7. The van der Waals surface area contributed by atoms with Crippen molar-refractivity contribution < 1.29 is 13.2 Å². The lowest BCUT2D eigenvalue weighted by molar-refractivity contribution is 0.0730. The SMILES string of the molecule is O=S(=O)(c1ccc(NC(=S)NCc2ccccc2Br)cc1)N1CCOCC1. The lowest BCUT2D eigenvalue weighted by atomic mass is 10.2. The summed E-state index contributed by atoms with van der Waals surface area (Å²) in [4.78, 5) is 0.266. The highest BCUT2D eigenvalue weighted by Gasteiger charge is 2.26. The molecule has 2 N–H and O–H groups in total. The number of ether oxygens (including phenoxy) is 1. The van der Waals surface area contributed by atoms with Crippen LogP contribution in [0.3, 0.4) is 0 Å². The first-order valence-electron chi connectivity index (χ1n) is 8.43. The second-order valence-corrected chi connectivity index (χ2v) is 9.14. The summed E-state index contributed by atoms with van der Waals surface area (Å²) in [5.41, 5.74) is 1.81. The smallest absolute Gasteiger partial charge is 0.243 e. The third kappa shape index (κ3) is 5.26. The number of hydrogen-bond acceptors (Lipinski definition) is 4. The van der Waals surface area contributed by atoms with E-state index in [-0.39, 0.29) is 4.90 Å². The minimum atomic E-state index is -3.49. The molecule has 0 bridgehead atoms. The molecule has 27 heavy (non-hydrogen) atoms.